The normalized spacial score (nSPS) is 20.3. The Hall–Kier alpha value is -0.620. The van der Waals surface area contributed by atoms with E-state index in [2.05, 4.69) is 0 Å². The molecule has 2 amide bonds. The molecular formula is C8H11NO3S2. The standard InChI is InChI=1S/C8H11NO3S2/c1-3-12-8(13)14-7-4-6(11)9(7)5(2)10/h7H,3-4H2,1-2H3. The van der Waals surface area contributed by atoms with Crippen LogP contribution in [0.1, 0.15) is 20.3 Å². The number of carbonyl (C=O) groups excluding carboxylic acids is 2. The molecular weight excluding hydrogens is 222 g/mol. The van der Waals surface area contributed by atoms with Crippen LogP contribution in [0, 0.1) is 0 Å². The molecule has 14 heavy (non-hydrogen) atoms. The van der Waals surface area contributed by atoms with Gasteiger partial charge < -0.3 is 4.74 Å². The van der Waals surface area contributed by atoms with Crippen LogP contribution in [-0.2, 0) is 14.3 Å². The number of thiocarbonyl (C=S) groups is 1. The van der Waals surface area contributed by atoms with Crippen LogP contribution in [0.4, 0.5) is 0 Å². The first kappa shape index (κ1) is 11.5. The zero-order valence-electron chi connectivity index (χ0n) is 7.98. The van der Waals surface area contributed by atoms with Gasteiger partial charge in [0.05, 0.1) is 13.0 Å². The highest BCUT2D eigenvalue weighted by atomic mass is 32.2. The monoisotopic (exact) mass is 233 g/mol. The van der Waals surface area contributed by atoms with Gasteiger partial charge in [-0.05, 0) is 19.1 Å². The van der Waals surface area contributed by atoms with Crippen molar-refractivity contribution < 1.29 is 14.3 Å². The Morgan fingerprint density at radius 1 is 1.79 bits per heavy atom. The first-order chi connectivity index (χ1) is 6.56. The molecule has 0 aromatic rings. The van der Waals surface area contributed by atoms with Crippen LogP contribution >= 0.6 is 24.0 Å². The number of β-lactam (4-membered cyclic amide) rings is 1. The summed E-state index contributed by atoms with van der Waals surface area (Å²) >= 11 is 6.14. The molecule has 1 aliphatic rings. The van der Waals surface area contributed by atoms with Gasteiger partial charge in [-0.1, -0.05) is 11.8 Å². The molecule has 1 fully saturated rings. The van der Waals surface area contributed by atoms with Crippen molar-refractivity contribution >= 4 is 40.2 Å². The Labute approximate surface area is 92.0 Å². The van der Waals surface area contributed by atoms with Crippen LogP contribution in [0.5, 0.6) is 0 Å². The van der Waals surface area contributed by atoms with Crippen molar-refractivity contribution in [2.45, 2.75) is 25.6 Å². The van der Waals surface area contributed by atoms with Gasteiger partial charge in [0.1, 0.15) is 5.37 Å². The van der Waals surface area contributed by atoms with Crippen molar-refractivity contribution in [3.63, 3.8) is 0 Å². The maximum atomic E-state index is 11.0. The number of hydrogen-bond donors (Lipinski definition) is 0. The van der Waals surface area contributed by atoms with Crippen molar-refractivity contribution in [3.05, 3.63) is 0 Å². The van der Waals surface area contributed by atoms with Gasteiger partial charge in [0.2, 0.25) is 16.2 Å². The number of thioether (sulfide) groups is 1. The fraction of sp³-hybridized carbons (Fsp3) is 0.625. The van der Waals surface area contributed by atoms with E-state index < -0.39 is 0 Å². The summed E-state index contributed by atoms with van der Waals surface area (Å²) in [5.74, 6) is -0.382. The lowest BCUT2D eigenvalue weighted by Gasteiger charge is -2.36. The van der Waals surface area contributed by atoms with Crippen LogP contribution in [-0.4, -0.2) is 33.1 Å². The third-order valence-electron chi connectivity index (χ3n) is 1.74. The zero-order chi connectivity index (χ0) is 10.7. The number of hydrogen-bond acceptors (Lipinski definition) is 5. The zero-order valence-corrected chi connectivity index (χ0v) is 9.61. The molecule has 78 valence electrons. The van der Waals surface area contributed by atoms with Gasteiger partial charge in [0, 0.05) is 6.92 Å². The number of ether oxygens (including phenoxy) is 1. The van der Waals surface area contributed by atoms with Crippen LogP contribution < -0.4 is 0 Å². The SMILES string of the molecule is CCOC(=S)SC1CC(=O)N1C(C)=O. The lowest BCUT2D eigenvalue weighted by molar-refractivity contribution is -0.152. The highest BCUT2D eigenvalue weighted by Crippen LogP contribution is 2.30. The molecule has 4 nitrogen and oxygen atoms in total. The van der Waals surface area contributed by atoms with Crippen LogP contribution in [0.15, 0.2) is 0 Å². The molecule has 1 rings (SSSR count). The average Bonchev–Trinajstić information content (AvgIpc) is 2.01. The molecule has 1 heterocycles. The summed E-state index contributed by atoms with van der Waals surface area (Å²) in [6.45, 7) is 3.71. The van der Waals surface area contributed by atoms with E-state index >= 15 is 0 Å². The number of carbonyl (C=O) groups is 2. The smallest absolute Gasteiger partial charge is 0.233 e. The molecule has 0 aromatic carbocycles. The molecule has 1 unspecified atom stereocenters. The molecule has 6 heteroatoms. The minimum atomic E-state index is -0.238. The Bertz CT molecular complexity index is 272. The van der Waals surface area contributed by atoms with E-state index in [0.29, 0.717) is 17.4 Å². The third-order valence-corrected chi connectivity index (χ3v) is 3.11. The van der Waals surface area contributed by atoms with Crippen LogP contribution in [0.3, 0.4) is 0 Å². The second-order valence-corrected chi connectivity index (χ2v) is 4.52. The summed E-state index contributed by atoms with van der Waals surface area (Å²) in [4.78, 5) is 23.2. The molecule has 1 aliphatic heterocycles. The van der Waals surface area contributed by atoms with E-state index in [9.17, 15) is 9.59 Å². The van der Waals surface area contributed by atoms with E-state index in [1.165, 1.54) is 23.6 Å². The molecule has 0 bridgehead atoms. The molecule has 0 aromatic heterocycles. The van der Waals surface area contributed by atoms with Gasteiger partial charge >= 0.3 is 0 Å². The maximum Gasteiger partial charge on any atom is 0.233 e. The van der Waals surface area contributed by atoms with Crippen molar-refractivity contribution in [1.82, 2.24) is 4.90 Å². The van der Waals surface area contributed by atoms with E-state index in [-0.39, 0.29) is 17.2 Å². The van der Waals surface area contributed by atoms with Gasteiger partial charge in [0.15, 0.2) is 0 Å². The van der Waals surface area contributed by atoms with E-state index in [1.807, 2.05) is 6.92 Å². The van der Waals surface area contributed by atoms with Crippen molar-refractivity contribution in [2.75, 3.05) is 6.61 Å². The molecule has 0 N–H and O–H groups in total. The quantitative estimate of drug-likeness (QED) is 0.529. The Kier molecular flexibility index (Phi) is 3.88. The lowest BCUT2D eigenvalue weighted by Crippen LogP contribution is -2.53. The molecule has 1 atom stereocenters. The van der Waals surface area contributed by atoms with Crippen molar-refractivity contribution in [2.24, 2.45) is 0 Å². The second kappa shape index (κ2) is 4.75. The minimum Gasteiger partial charge on any atom is -0.479 e. The largest absolute Gasteiger partial charge is 0.479 e. The van der Waals surface area contributed by atoms with Gasteiger partial charge in [-0.2, -0.15) is 0 Å². The fourth-order valence-electron chi connectivity index (χ4n) is 1.12. The summed E-state index contributed by atoms with van der Waals surface area (Å²) < 4.78 is 5.44. The predicted molar refractivity (Wildman–Crippen MR) is 57.7 cm³/mol. The number of amides is 2. The number of nitrogens with zero attached hydrogens (tertiary/aromatic N) is 1. The molecule has 0 saturated carbocycles. The second-order valence-electron chi connectivity index (χ2n) is 2.74. The maximum absolute atomic E-state index is 11.0. The predicted octanol–water partition coefficient (Wildman–Crippen LogP) is 1.15. The Morgan fingerprint density at radius 3 is 2.86 bits per heavy atom. The van der Waals surface area contributed by atoms with Gasteiger partial charge in [0.25, 0.3) is 0 Å². The third kappa shape index (κ3) is 2.45. The Morgan fingerprint density at radius 2 is 2.43 bits per heavy atom. The molecule has 1 saturated heterocycles. The summed E-state index contributed by atoms with van der Waals surface area (Å²) in [6, 6.07) is 0. The van der Waals surface area contributed by atoms with Crippen LogP contribution in [0.25, 0.3) is 0 Å². The van der Waals surface area contributed by atoms with Gasteiger partial charge in [-0.15, -0.1) is 0 Å². The van der Waals surface area contributed by atoms with E-state index in [4.69, 9.17) is 17.0 Å². The summed E-state index contributed by atoms with van der Waals surface area (Å²) in [7, 11) is 0. The topological polar surface area (TPSA) is 46.6 Å². The highest BCUT2D eigenvalue weighted by molar-refractivity contribution is 8.23. The average molecular weight is 233 g/mol. The Balaban J connectivity index is 2.44. The fourth-order valence-corrected chi connectivity index (χ4v) is 2.58. The first-order valence-electron chi connectivity index (χ1n) is 4.22. The number of likely N-dealkylation sites (tertiary alicyclic amines) is 1. The van der Waals surface area contributed by atoms with E-state index in [1.54, 1.807) is 0 Å². The van der Waals surface area contributed by atoms with Gasteiger partial charge in [-0.25, -0.2) is 0 Å². The summed E-state index contributed by atoms with van der Waals surface area (Å²) in [5.41, 5.74) is 0. The summed E-state index contributed by atoms with van der Waals surface area (Å²) in [6.07, 6.45) is 0.359. The van der Waals surface area contributed by atoms with Crippen LogP contribution in [0.2, 0.25) is 0 Å². The van der Waals surface area contributed by atoms with Crippen molar-refractivity contribution in [1.29, 1.82) is 0 Å². The molecule has 0 aliphatic carbocycles. The number of imide groups is 1. The molecule has 0 radical (unpaired) electrons. The van der Waals surface area contributed by atoms with Gasteiger partial charge in [-0.3, -0.25) is 14.5 Å². The van der Waals surface area contributed by atoms with E-state index in [0.717, 1.165) is 0 Å². The van der Waals surface area contributed by atoms with Crippen molar-refractivity contribution in [3.8, 4) is 0 Å². The minimum absolute atomic E-state index is 0.144. The summed E-state index contributed by atoms with van der Waals surface area (Å²) in [5, 5.41) is -0.168. The first-order valence-corrected chi connectivity index (χ1v) is 5.51. The number of rotatable bonds is 2. The molecule has 0 spiro atoms. The lowest BCUT2D eigenvalue weighted by atomic mass is 10.2. The highest BCUT2D eigenvalue weighted by Gasteiger charge is 2.40.